The van der Waals surface area contributed by atoms with Crippen LogP contribution in [0.4, 0.5) is 0 Å². The molecule has 1 saturated carbocycles. The first-order chi connectivity index (χ1) is 8.30. The van der Waals surface area contributed by atoms with Gasteiger partial charge in [0, 0.05) is 0 Å². The van der Waals surface area contributed by atoms with E-state index in [-0.39, 0.29) is 5.41 Å². The van der Waals surface area contributed by atoms with E-state index in [1.54, 1.807) is 7.11 Å². The fourth-order valence-electron chi connectivity index (χ4n) is 2.71. The topological polar surface area (TPSA) is 33.0 Å². The molecule has 2 rings (SSSR count). The van der Waals surface area contributed by atoms with Gasteiger partial charge in [-0.3, -0.25) is 0 Å². The standard InChI is InChI=1S/C15H19NO/c1-17-14-8-6-13(7-9-14)15(12-16)10-4-2-3-5-11-15/h6-9H,2-5,10-11H2,1H3. The van der Waals surface area contributed by atoms with Crippen molar-refractivity contribution in [3.63, 3.8) is 0 Å². The summed E-state index contributed by atoms with van der Waals surface area (Å²) >= 11 is 0. The number of nitrogens with zero attached hydrogens (tertiary/aromatic N) is 1. The monoisotopic (exact) mass is 229 g/mol. The molecular weight excluding hydrogens is 210 g/mol. The average Bonchev–Trinajstić information content (AvgIpc) is 2.65. The van der Waals surface area contributed by atoms with Gasteiger partial charge in [0.25, 0.3) is 0 Å². The molecule has 0 aromatic heterocycles. The summed E-state index contributed by atoms with van der Waals surface area (Å²) in [5.74, 6) is 0.857. The summed E-state index contributed by atoms with van der Waals surface area (Å²) < 4.78 is 5.16. The molecule has 1 aliphatic rings. The van der Waals surface area contributed by atoms with Gasteiger partial charge in [-0.15, -0.1) is 0 Å². The number of methoxy groups -OCH3 is 1. The Bertz CT molecular complexity index is 394. The maximum Gasteiger partial charge on any atom is 0.118 e. The van der Waals surface area contributed by atoms with Gasteiger partial charge in [0.15, 0.2) is 0 Å². The predicted molar refractivity (Wildman–Crippen MR) is 68.0 cm³/mol. The fourth-order valence-corrected chi connectivity index (χ4v) is 2.71. The lowest BCUT2D eigenvalue weighted by Crippen LogP contribution is -2.23. The largest absolute Gasteiger partial charge is 0.497 e. The number of hydrogen-bond acceptors (Lipinski definition) is 2. The Morgan fingerprint density at radius 3 is 2.12 bits per heavy atom. The Balaban J connectivity index is 2.29. The highest BCUT2D eigenvalue weighted by molar-refractivity contribution is 5.36. The van der Waals surface area contributed by atoms with Crippen molar-refractivity contribution in [3.05, 3.63) is 29.8 Å². The van der Waals surface area contributed by atoms with Crippen LogP contribution in [0.1, 0.15) is 44.1 Å². The molecule has 17 heavy (non-hydrogen) atoms. The Kier molecular flexibility index (Phi) is 3.68. The van der Waals surface area contributed by atoms with Gasteiger partial charge in [0.05, 0.1) is 18.6 Å². The van der Waals surface area contributed by atoms with Crippen LogP contribution in [0.2, 0.25) is 0 Å². The molecule has 0 saturated heterocycles. The fraction of sp³-hybridized carbons (Fsp3) is 0.533. The molecule has 0 unspecified atom stereocenters. The third-order valence-corrected chi connectivity index (χ3v) is 3.81. The summed E-state index contributed by atoms with van der Waals surface area (Å²) in [6.07, 6.45) is 6.85. The van der Waals surface area contributed by atoms with Gasteiger partial charge in [-0.1, -0.05) is 37.8 Å². The maximum atomic E-state index is 9.57. The zero-order valence-corrected chi connectivity index (χ0v) is 10.4. The number of hydrogen-bond donors (Lipinski definition) is 0. The molecule has 1 fully saturated rings. The second-order valence-electron chi connectivity index (χ2n) is 4.84. The third kappa shape index (κ3) is 2.44. The van der Waals surface area contributed by atoms with Crippen molar-refractivity contribution in [1.82, 2.24) is 0 Å². The molecule has 0 spiro atoms. The summed E-state index contributed by atoms with van der Waals surface area (Å²) in [6, 6.07) is 10.6. The number of nitriles is 1. The van der Waals surface area contributed by atoms with Crippen molar-refractivity contribution in [2.75, 3.05) is 7.11 Å². The van der Waals surface area contributed by atoms with Crippen LogP contribution in [0.25, 0.3) is 0 Å². The molecule has 1 aromatic rings. The summed E-state index contributed by atoms with van der Waals surface area (Å²) in [6.45, 7) is 0. The first-order valence-corrected chi connectivity index (χ1v) is 6.36. The molecule has 1 aliphatic carbocycles. The van der Waals surface area contributed by atoms with E-state index < -0.39 is 0 Å². The van der Waals surface area contributed by atoms with Crippen molar-refractivity contribution in [1.29, 1.82) is 5.26 Å². The number of benzene rings is 1. The maximum absolute atomic E-state index is 9.57. The lowest BCUT2D eigenvalue weighted by Gasteiger charge is -2.25. The minimum atomic E-state index is -0.261. The van der Waals surface area contributed by atoms with Crippen LogP contribution in [-0.2, 0) is 5.41 Å². The van der Waals surface area contributed by atoms with E-state index in [1.807, 2.05) is 24.3 Å². The van der Waals surface area contributed by atoms with Crippen molar-refractivity contribution in [2.45, 2.75) is 43.9 Å². The first-order valence-electron chi connectivity index (χ1n) is 6.36. The lowest BCUT2D eigenvalue weighted by atomic mass is 9.76. The molecule has 90 valence electrons. The predicted octanol–water partition coefficient (Wildman–Crippen LogP) is 3.81. The molecule has 0 aliphatic heterocycles. The zero-order valence-electron chi connectivity index (χ0n) is 10.4. The number of ether oxygens (including phenoxy) is 1. The smallest absolute Gasteiger partial charge is 0.118 e. The molecule has 0 atom stereocenters. The van der Waals surface area contributed by atoms with Crippen LogP contribution >= 0.6 is 0 Å². The molecule has 2 nitrogen and oxygen atoms in total. The third-order valence-electron chi connectivity index (χ3n) is 3.81. The first kappa shape index (κ1) is 12.0. The van der Waals surface area contributed by atoms with Gasteiger partial charge >= 0.3 is 0 Å². The van der Waals surface area contributed by atoms with E-state index in [0.29, 0.717) is 0 Å². The summed E-state index contributed by atoms with van der Waals surface area (Å²) in [5, 5.41) is 9.57. The van der Waals surface area contributed by atoms with Crippen LogP contribution < -0.4 is 4.74 Å². The average molecular weight is 229 g/mol. The van der Waals surface area contributed by atoms with E-state index >= 15 is 0 Å². The van der Waals surface area contributed by atoms with Gasteiger partial charge in [-0.05, 0) is 30.5 Å². The summed E-state index contributed by atoms with van der Waals surface area (Å²) in [7, 11) is 1.67. The van der Waals surface area contributed by atoms with Crippen molar-refractivity contribution < 1.29 is 4.74 Å². The van der Waals surface area contributed by atoms with Gasteiger partial charge in [0.1, 0.15) is 5.75 Å². The highest BCUT2D eigenvalue weighted by atomic mass is 16.5. The summed E-state index contributed by atoms with van der Waals surface area (Å²) in [5.41, 5.74) is 0.894. The Morgan fingerprint density at radius 2 is 1.65 bits per heavy atom. The quantitative estimate of drug-likeness (QED) is 0.722. The van der Waals surface area contributed by atoms with E-state index in [9.17, 15) is 5.26 Å². The van der Waals surface area contributed by atoms with E-state index in [0.717, 1.165) is 24.2 Å². The Morgan fingerprint density at radius 1 is 1.06 bits per heavy atom. The molecule has 0 radical (unpaired) electrons. The van der Waals surface area contributed by atoms with E-state index in [2.05, 4.69) is 6.07 Å². The Hall–Kier alpha value is -1.49. The van der Waals surface area contributed by atoms with Gasteiger partial charge < -0.3 is 4.74 Å². The SMILES string of the molecule is COc1ccc(C2(C#N)CCCCCC2)cc1. The molecule has 0 bridgehead atoms. The van der Waals surface area contributed by atoms with Crippen molar-refractivity contribution in [2.24, 2.45) is 0 Å². The molecule has 0 amide bonds. The Labute approximate surface area is 103 Å². The van der Waals surface area contributed by atoms with E-state index in [4.69, 9.17) is 4.74 Å². The molecule has 2 heteroatoms. The minimum absolute atomic E-state index is 0.261. The van der Waals surface area contributed by atoms with Crippen molar-refractivity contribution in [3.8, 4) is 11.8 Å². The van der Waals surface area contributed by atoms with E-state index in [1.165, 1.54) is 25.7 Å². The highest BCUT2D eigenvalue weighted by Gasteiger charge is 2.32. The van der Waals surface area contributed by atoms with Gasteiger partial charge in [0.2, 0.25) is 0 Å². The highest BCUT2D eigenvalue weighted by Crippen LogP contribution is 2.38. The molecule has 0 N–H and O–H groups in total. The van der Waals surface area contributed by atoms with Gasteiger partial charge in [-0.2, -0.15) is 5.26 Å². The normalized spacial score (nSPS) is 19.1. The second kappa shape index (κ2) is 5.23. The van der Waals surface area contributed by atoms with Gasteiger partial charge in [-0.25, -0.2) is 0 Å². The lowest BCUT2D eigenvalue weighted by molar-refractivity contribution is 0.413. The van der Waals surface area contributed by atoms with Crippen LogP contribution in [-0.4, -0.2) is 7.11 Å². The zero-order chi connectivity index (χ0) is 12.1. The van der Waals surface area contributed by atoms with Crippen LogP contribution in [0.15, 0.2) is 24.3 Å². The van der Waals surface area contributed by atoms with Crippen molar-refractivity contribution >= 4 is 0 Å². The second-order valence-corrected chi connectivity index (χ2v) is 4.84. The molecule has 1 aromatic carbocycles. The molecular formula is C15H19NO. The summed E-state index contributed by atoms with van der Waals surface area (Å²) in [4.78, 5) is 0. The van der Waals surface area contributed by atoms with Crippen LogP contribution in [0.5, 0.6) is 5.75 Å². The minimum Gasteiger partial charge on any atom is -0.497 e. The molecule has 0 heterocycles. The number of rotatable bonds is 2. The van der Waals surface area contributed by atoms with Crippen LogP contribution in [0.3, 0.4) is 0 Å². The van der Waals surface area contributed by atoms with Crippen LogP contribution in [0, 0.1) is 11.3 Å².